The highest BCUT2D eigenvalue weighted by molar-refractivity contribution is 5.94. The van der Waals surface area contributed by atoms with Crippen LogP contribution in [0, 0.1) is 0 Å². The molecule has 0 saturated carbocycles. The molecule has 0 spiro atoms. The molecule has 0 aliphatic heterocycles. The molecular formula is C18H17NO5. The molecule has 0 unspecified atom stereocenters. The summed E-state index contributed by atoms with van der Waals surface area (Å²) in [5.74, 6) is -1.16. The van der Waals surface area contributed by atoms with E-state index in [1.165, 1.54) is 13.2 Å². The Morgan fingerprint density at radius 1 is 1.17 bits per heavy atom. The molecule has 0 fully saturated rings. The standard InChI is InChI=1S/C18H17NO5/c1-3-24-18(22)13-5-7-14(8-6-13)19-11-12-4-9-16(23-2)15(10-12)17(20)21/h4-11H,3H2,1-2H3,(H,20,21). The lowest BCUT2D eigenvalue weighted by Gasteiger charge is -2.05. The Bertz CT molecular complexity index is 765. The molecule has 0 bridgehead atoms. The van der Waals surface area contributed by atoms with E-state index in [1.807, 2.05) is 0 Å². The zero-order valence-corrected chi connectivity index (χ0v) is 13.4. The number of methoxy groups -OCH3 is 1. The van der Waals surface area contributed by atoms with Gasteiger partial charge in [0.05, 0.1) is 25.0 Å². The minimum atomic E-state index is -1.07. The Hall–Kier alpha value is -3.15. The molecule has 24 heavy (non-hydrogen) atoms. The van der Waals surface area contributed by atoms with Gasteiger partial charge < -0.3 is 14.6 Å². The molecule has 0 radical (unpaired) electrons. The Balaban J connectivity index is 2.17. The maximum absolute atomic E-state index is 11.6. The van der Waals surface area contributed by atoms with E-state index < -0.39 is 5.97 Å². The molecule has 6 nitrogen and oxygen atoms in total. The quantitative estimate of drug-likeness (QED) is 0.650. The molecule has 2 rings (SSSR count). The van der Waals surface area contributed by atoms with E-state index in [2.05, 4.69) is 4.99 Å². The average Bonchev–Trinajstić information content (AvgIpc) is 2.60. The first-order chi connectivity index (χ1) is 11.5. The van der Waals surface area contributed by atoms with Gasteiger partial charge in [-0.2, -0.15) is 0 Å². The van der Waals surface area contributed by atoms with E-state index in [1.54, 1.807) is 49.5 Å². The lowest BCUT2D eigenvalue weighted by atomic mass is 10.1. The number of nitrogens with zero attached hydrogens (tertiary/aromatic N) is 1. The van der Waals surface area contributed by atoms with E-state index in [-0.39, 0.29) is 11.5 Å². The average molecular weight is 327 g/mol. The van der Waals surface area contributed by atoms with Crippen LogP contribution in [0.4, 0.5) is 5.69 Å². The third kappa shape index (κ3) is 4.19. The molecular weight excluding hydrogens is 310 g/mol. The van der Waals surface area contributed by atoms with Crippen LogP contribution in [0.3, 0.4) is 0 Å². The summed E-state index contributed by atoms with van der Waals surface area (Å²) in [4.78, 5) is 27.0. The predicted molar refractivity (Wildman–Crippen MR) is 89.6 cm³/mol. The van der Waals surface area contributed by atoms with E-state index >= 15 is 0 Å². The summed E-state index contributed by atoms with van der Waals surface area (Å²) in [6.07, 6.45) is 1.55. The lowest BCUT2D eigenvalue weighted by Crippen LogP contribution is -2.03. The summed E-state index contributed by atoms with van der Waals surface area (Å²) in [6, 6.07) is 11.4. The van der Waals surface area contributed by atoms with Crippen molar-refractivity contribution in [1.29, 1.82) is 0 Å². The van der Waals surface area contributed by atoms with Crippen LogP contribution in [-0.2, 0) is 4.74 Å². The Labute approximate surface area is 139 Å². The summed E-state index contributed by atoms with van der Waals surface area (Å²) < 4.78 is 9.92. The van der Waals surface area contributed by atoms with Crippen LogP contribution < -0.4 is 4.74 Å². The van der Waals surface area contributed by atoms with Crippen molar-refractivity contribution in [3.05, 3.63) is 59.2 Å². The van der Waals surface area contributed by atoms with Crippen molar-refractivity contribution < 1.29 is 24.2 Å². The van der Waals surface area contributed by atoms with Gasteiger partial charge in [0, 0.05) is 6.21 Å². The van der Waals surface area contributed by atoms with Gasteiger partial charge in [0.15, 0.2) is 0 Å². The predicted octanol–water partition coefficient (Wildman–Crippen LogP) is 3.32. The van der Waals surface area contributed by atoms with Crippen LogP contribution in [0.25, 0.3) is 0 Å². The largest absolute Gasteiger partial charge is 0.496 e. The number of rotatable bonds is 6. The summed E-state index contributed by atoms with van der Waals surface area (Å²) in [7, 11) is 1.42. The van der Waals surface area contributed by atoms with Crippen LogP contribution in [0.5, 0.6) is 5.75 Å². The number of carbonyl (C=O) groups is 2. The summed E-state index contributed by atoms with van der Waals surface area (Å²) in [5, 5.41) is 9.16. The highest BCUT2D eigenvalue weighted by atomic mass is 16.5. The van der Waals surface area contributed by atoms with Crippen LogP contribution in [-0.4, -0.2) is 37.0 Å². The number of carboxylic acids is 1. The molecule has 0 aliphatic rings. The highest BCUT2D eigenvalue weighted by Crippen LogP contribution is 2.20. The first-order valence-electron chi connectivity index (χ1n) is 7.27. The van der Waals surface area contributed by atoms with E-state index in [9.17, 15) is 9.59 Å². The van der Waals surface area contributed by atoms with Crippen molar-refractivity contribution in [2.75, 3.05) is 13.7 Å². The van der Waals surface area contributed by atoms with Crippen molar-refractivity contribution in [1.82, 2.24) is 0 Å². The molecule has 0 aromatic heterocycles. The van der Waals surface area contributed by atoms with Crippen molar-refractivity contribution in [2.24, 2.45) is 4.99 Å². The van der Waals surface area contributed by atoms with Gasteiger partial charge in [-0.15, -0.1) is 0 Å². The van der Waals surface area contributed by atoms with Gasteiger partial charge >= 0.3 is 11.9 Å². The number of carbonyl (C=O) groups excluding carboxylic acids is 1. The van der Waals surface area contributed by atoms with E-state index in [0.717, 1.165) is 0 Å². The SMILES string of the molecule is CCOC(=O)c1ccc(N=Cc2ccc(OC)c(C(=O)O)c2)cc1. The number of hydrogen-bond donors (Lipinski definition) is 1. The van der Waals surface area contributed by atoms with Crippen LogP contribution >= 0.6 is 0 Å². The number of aliphatic imine (C=N–C) groups is 1. The van der Waals surface area contributed by atoms with E-state index in [4.69, 9.17) is 14.6 Å². The lowest BCUT2D eigenvalue weighted by molar-refractivity contribution is 0.0526. The monoisotopic (exact) mass is 327 g/mol. The van der Waals surface area contributed by atoms with Gasteiger partial charge in [-0.1, -0.05) is 0 Å². The van der Waals surface area contributed by atoms with Crippen LogP contribution in [0.15, 0.2) is 47.5 Å². The minimum Gasteiger partial charge on any atom is -0.496 e. The first kappa shape index (κ1) is 17.2. The first-order valence-corrected chi connectivity index (χ1v) is 7.27. The molecule has 2 aromatic carbocycles. The molecule has 1 N–H and O–H groups in total. The number of carboxylic acid groups (broad SMARTS) is 1. The Morgan fingerprint density at radius 3 is 2.46 bits per heavy atom. The van der Waals surface area contributed by atoms with Crippen LogP contribution in [0.2, 0.25) is 0 Å². The topological polar surface area (TPSA) is 85.2 Å². The van der Waals surface area contributed by atoms with Gasteiger partial charge in [-0.25, -0.2) is 9.59 Å². The fourth-order valence-electron chi connectivity index (χ4n) is 2.02. The summed E-state index contributed by atoms with van der Waals surface area (Å²) >= 11 is 0. The maximum atomic E-state index is 11.6. The second kappa shape index (κ2) is 7.92. The van der Waals surface area contributed by atoms with Gasteiger partial charge in [-0.3, -0.25) is 4.99 Å². The molecule has 0 saturated heterocycles. The third-order valence-corrected chi connectivity index (χ3v) is 3.20. The molecule has 0 atom stereocenters. The zero-order valence-electron chi connectivity index (χ0n) is 13.4. The number of ether oxygens (including phenoxy) is 2. The van der Waals surface area contributed by atoms with E-state index in [0.29, 0.717) is 29.2 Å². The number of aromatic carboxylic acids is 1. The zero-order chi connectivity index (χ0) is 17.5. The molecule has 0 heterocycles. The highest BCUT2D eigenvalue weighted by Gasteiger charge is 2.10. The fraction of sp³-hybridized carbons (Fsp3) is 0.167. The van der Waals surface area contributed by atoms with Gasteiger partial charge in [0.1, 0.15) is 11.3 Å². The van der Waals surface area contributed by atoms with Crippen molar-refractivity contribution in [2.45, 2.75) is 6.92 Å². The second-order valence-corrected chi connectivity index (χ2v) is 4.79. The molecule has 6 heteroatoms. The Kier molecular flexibility index (Phi) is 5.68. The van der Waals surface area contributed by atoms with Crippen molar-refractivity contribution in [3.8, 4) is 5.75 Å². The smallest absolute Gasteiger partial charge is 0.339 e. The summed E-state index contributed by atoms with van der Waals surface area (Å²) in [6.45, 7) is 2.07. The van der Waals surface area contributed by atoms with Gasteiger partial charge in [0.2, 0.25) is 0 Å². The number of hydrogen-bond acceptors (Lipinski definition) is 5. The van der Waals surface area contributed by atoms with Gasteiger partial charge in [-0.05, 0) is 55.0 Å². The minimum absolute atomic E-state index is 0.0686. The van der Waals surface area contributed by atoms with Crippen LogP contribution in [0.1, 0.15) is 33.2 Å². The molecule has 2 aromatic rings. The molecule has 124 valence electrons. The third-order valence-electron chi connectivity index (χ3n) is 3.20. The Morgan fingerprint density at radius 2 is 1.88 bits per heavy atom. The fourth-order valence-corrected chi connectivity index (χ4v) is 2.02. The number of esters is 1. The molecule has 0 amide bonds. The van der Waals surface area contributed by atoms with Crippen molar-refractivity contribution in [3.63, 3.8) is 0 Å². The molecule has 0 aliphatic carbocycles. The normalized spacial score (nSPS) is 10.6. The maximum Gasteiger partial charge on any atom is 0.339 e. The van der Waals surface area contributed by atoms with Crippen molar-refractivity contribution >= 4 is 23.8 Å². The summed E-state index contributed by atoms with van der Waals surface area (Å²) in [5.41, 5.74) is 1.78. The van der Waals surface area contributed by atoms with Gasteiger partial charge in [0.25, 0.3) is 0 Å². The number of benzene rings is 2. The second-order valence-electron chi connectivity index (χ2n) is 4.79.